The number of ether oxygens (including phenoxy) is 1. The van der Waals surface area contributed by atoms with Crippen LogP contribution in [0.3, 0.4) is 0 Å². The molecule has 0 fully saturated rings. The molecule has 0 saturated carbocycles. The van der Waals surface area contributed by atoms with Crippen molar-refractivity contribution in [1.82, 2.24) is 0 Å². The first-order chi connectivity index (χ1) is 10.6. The molecule has 0 unspecified atom stereocenters. The van der Waals surface area contributed by atoms with Crippen molar-refractivity contribution in [3.8, 4) is 0 Å². The molecule has 0 aromatic heterocycles. The lowest BCUT2D eigenvalue weighted by Crippen LogP contribution is -2.12. The van der Waals surface area contributed by atoms with Crippen LogP contribution >= 0.6 is 0 Å². The maximum atomic E-state index is 12.2. The SMILES string of the molecule is COC(=O)CCCCCC(=O)c1ccc2c(c1)CCCC2=O. The molecule has 4 heteroatoms. The first-order valence-electron chi connectivity index (χ1n) is 7.88. The molecule has 0 radical (unpaired) electrons. The molecule has 1 aromatic rings. The van der Waals surface area contributed by atoms with E-state index in [2.05, 4.69) is 4.74 Å². The summed E-state index contributed by atoms with van der Waals surface area (Å²) < 4.78 is 4.58. The lowest BCUT2D eigenvalue weighted by molar-refractivity contribution is -0.140. The quantitative estimate of drug-likeness (QED) is 0.439. The molecule has 0 bridgehead atoms. The number of esters is 1. The molecule has 1 aromatic carbocycles. The minimum absolute atomic E-state index is 0.110. The van der Waals surface area contributed by atoms with E-state index in [-0.39, 0.29) is 17.5 Å². The van der Waals surface area contributed by atoms with Crippen LogP contribution in [0.15, 0.2) is 18.2 Å². The van der Waals surface area contributed by atoms with Gasteiger partial charge >= 0.3 is 5.97 Å². The number of carbonyl (C=O) groups excluding carboxylic acids is 3. The summed E-state index contributed by atoms with van der Waals surface area (Å²) in [6.07, 6.45) is 5.60. The second-order valence-electron chi connectivity index (χ2n) is 5.71. The van der Waals surface area contributed by atoms with E-state index in [4.69, 9.17) is 0 Å². The van der Waals surface area contributed by atoms with Gasteiger partial charge in [0.1, 0.15) is 0 Å². The summed E-state index contributed by atoms with van der Waals surface area (Å²) >= 11 is 0. The largest absolute Gasteiger partial charge is 0.469 e. The first kappa shape index (κ1) is 16.4. The monoisotopic (exact) mass is 302 g/mol. The van der Waals surface area contributed by atoms with E-state index < -0.39 is 0 Å². The van der Waals surface area contributed by atoms with Crippen molar-refractivity contribution < 1.29 is 19.1 Å². The summed E-state index contributed by atoms with van der Waals surface area (Å²) in [4.78, 5) is 34.9. The maximum absolute atomic E-state index is 12.2. The molecule has 22 heavy (non-hydrogen) atoms. The highest BCUT2D eigenvalue weighted by Crippen LogP contribution is 2.23. The Balaban J connectivity index is 1.83. The van der Waals surface area contributed by atoms with Gasteiger partial charge in [0, 0.05) is 30.4 Å². The number of benzene rings is 1. The molecule has 1 aliphatic carbocycles. The van der Waals surface area contributed by atoms with E-state index in [9.17, 15) is 14.4 Å². The Bertz CT molecular complexity index is 574. The normalized spacial score (nSPS) is 13.6. The van der Waals surface area contributed by atoms with Crippen LogP contribution in [0.4, 0.5) is 0 Å². The Hall–Kier alpha value is -1.97. The topological polar surface area (TPSA) is 60.4 Å². The second kappa shape index (κ2) is 7.87. The lowest BCUT2D eigenvalue weighted by Gasteiger charge is -2.15. The Morgan fingerprint density at radius 3 is 2.64 bits per heavy atom. The predicted octanol–water partition coefficient (Wildman–Crippen LogP) is 3.51. The number of unbranched alkanes of at least 4 members (excludes halogenated alkanes) is 2. The summed E-state index contributed by atoms with van der Waals surface area (Å²) in [5, 5.41) is 0. The number of fused-ring (bicyclic) bond motifs is 1. The number of aryl methyl sites for hydroxylation is 1. The summed E-state index contributed by atoms with van der Waals surface area (Å²) in [7, 11) is 1.38. The van der Waals surface area contributed by atoms with E-state index in [1.165, 1.54) is 7.11 Å². The molecular weight excluding hydrogens is 280 g/mol. The molecule has 0 N–H and O–H groups in total. The number of Topliss-reactive ketones (excluding diaryl/α,β-unsaturated/α-hetero) is 2. The van der Waals surface area contributed by atoms with Crippen molar-refractivity contribution in [2.45, 2.75) is 51.4 Å². The highest BCUT2D eigenvalue weighted by Gasteiger charge is 2.18. The van der Waals surface area contributed by atoms with Gasteiger partial charge in [-0.3, -0.25) is 14.4 Å². The number of methoxy groups -OCH3 is 1. The van der Waals surface area contributed by atoms with E-state index in [1.807, 2.05) is 6.07 Å². The third-order valence-electron chi connectivity index (χ3n) is 4.09. The molecule has 0 heterocycles. The smallest absolute Gasteiger partial charge is 0.305 e. The average Bonchev–Trinajstić information content (AvgIpc) is 2.54. The van der Waals surface area contributed by atoms with Crippen molar-refractivity contribution in [3.63, 3.8) is 0 Å². The van der Waals surface area contributed by atoms with Gasteiger partial charge in [-0.15, -0.1) is 0 Å². The highest BCUT2D eigenvalue weighted by atomic mass is 16.5. The summed E-state index contributed by atoms with van der Waals surface area (Å²) in [6, 6.07) is 5.43. The van der Waals surface area contributed by atoms with E-state index >= 15 is 0 Å². The molecule has 0 aliphatic heterocycles. The average molecular weight is 302 g/mol. The fourth-order valence-electron chi connectivity index (χ4n) is 2.80. The van der Waals surface area contributed by atoms with E-state index in [1.54, 1.807) is 12.1 Å². The molecule has 0 saturated heterocycles. The van der Waals surface area contributed by atoms with Crippen molar-refractivity contribution in [3.05, 3.63) is 34.9 Å². The Kier molecular flexibility index (Phi) is 5.87. The summed E-state index contributed by atoms with van der Waals surface area (Å²) in [6.45, 7) is 0. The van der Waals surface area contributed by atoms with Crippen LogP contribution in [0.2, 0.25) is 0 Å². The fourth-order valence-corrected chi connectivity index (χ4v) is 2.80. The van der Waals surface area contributed by atoms with Gasteiger partial charge in [0.2, 0.25) is 0 Å². The zero-order valence-electron chi connectivity index (χ0n) is 13.0. The van der Waals surface area contributed by atoms with Crippen LogP contribution in [0.5, 0.6) is 0 Å². The molecular formula is C18H22O4. The minimum atomic E-state index is -0.203. The second-order valence-corrected chi connectivity index (χ2v) is 5.71. The Labute approximate surface area is 130 Å². The van der Waals surface area contributed by atoms with Gasteiger partial charge in [0.15, 0.2) is 11.6 Å². The van der Waals surface area contributed by atoms with Crippen LogP contribution in [-0.4, -0.2) is 24.6 Å². The van der Waals surface area contributed by atoms with Crippen LogP contribution < -0.4 is 0 Å². The highest BCUT2D eigenvalue weighted by molar-refractivity contribution is 6.01. The molecule has 4 nitrogen and oxygen atoms in total. The molecule has 2 rings (SSSR count). The number of hydrogen-bond donors (Lipinski definition) is 0. The number of ketones is 2. The van der Waals surface area contributed by atoms with Crippen LogP contribution in [0, 0.1) is 0 Å². The van der Waals surface area contributed by atoms with Crippen LogP contribution in [0.25, 0.3) is 0 Å². The van der Waals surface area contributed by atoms with Gasteiger partial charge in [-0.1, -0.05) is 18.6 Å². The first-order valence-corrected chi connectivity index (χ1v) is 7.88. The van der Waals surface area contributed by atoms with Gasteiger partial charge < -0.3 is 4.74 Å². The zero-order chi connectivity index (χ0) is 15.9. The van der Waals surface area contributed by atoms with Crippen LogP contribution in [-0.2, 0) is 16.0 Å². The van der Waals surface area contributed by atoms with Crippen LogP contribution in [0.1, 0.15) is 71.2 Å². The summed E-state index contributed by atoms with van der Waals surface area (Å²) in [5.41, 5.74) is 2.48. The van der Waals surface area contributed by atoms with Gasteiger partial charge in [-0.2, -0.15) is 0 Å². The molecule has 118 valence electrons. The van der Waals surface area contributed by atoms with Crippen molar-refractivity contribution in [1.29, 1.82) is 0 Å². The predicted molar refractivity (Wildman–Crippen MR) is 83.1 cm³/mol. The molecule has 0 spiro atoms. The summed E-state index contributed by atoms with van der Waals surface area (Å²) in [5.74, 6) is 0.0904. The van der Waals surface area contributed by atoms with Gasteiger partial charge in [0.05, 0.1) is 7.11 Å². The zero-order valence-corrected chi connectivity index (χ0v) is 13.0. The molecule has 0 atom stereocenters. The van der Waals surface area contributed by atoms with E-state index in [0.29, 0.717) is 24.8 Å². The Morgan fingerprint density at radius 1 is 1.09 bits per heavy atom. The standard InChI is InChI=1S/C18H22O4/c1-22-18(21)9-4-2-3-7-16(19)14-10-11-15-13(12-14)6-5-8-17(15)20/h10-12H,2-9H2,1H3. The van der Waals surface area contributed by atoms with Gasteiger partial charge in [-0.25, -0.2) is 0 Å². The minimum Gasteiger partial charge on any atom is -0.469 e. The number of hydrogen-bond acceptors (Lipinski definition) is 4. The van der Waals surface area contributed by atoms with E-state index in [0.717, 1.165) is 43.2 Å². The lowest BCUT2D eigenvalue weighted by atomic mass is 9.88. The number of carbonyl (C=O) groups is 3. The third-order valence-corrected chi connectivity index (χ3v) is 4.09. The van der Waals surface area contributed by atoms with Gasteiger partial charge in [-0.05, 0) is 37.3 Å². The molecule has 1 aliphatic rings. The third kappa shape index (κ3) is 4.26. The number of rotatable bonds is 7. The fraction of sp³-hybridized carbons (Fsp3) is 0.500. The van der Waals surface area contributed by atoms with Gasteiger partial charge in [0.25, 0.3) is 0 Å². The maximum Gasteiger partial charge on any atom is 0.305 e. The van der Waals surface area contributed by atoms with Crippen molar-refractivity contribution in [2.24, 2.45) is 0 Å². The molecule has 0 amide bonds. The van der Waals surface area contributed by atoms with Crippen molar-refractivity contribution in [2.75, 3.05) is 7.11 Å². The Morgan fingerprint density at radius 2 is 1.86 bits per heavy atom. The van der Waals surface area contributed by atoms with Crippen molar-refractivity contribution >= 4 is 17.5 Å².